The molecule has 5 nitrogen and oxygen atoms in total. The quantitative estimate of drug-likeness (QED) is 0.727. The minimum atomic E-state index is -0.451. The fourth-order valence-corrected chi connectivity index (χ4v) is 3.82. The summed E-state index contributed by atoms with van der Waals surface area (Å²) in [6, 6.07) is 17.5. The van der Waals surface area contributed by atoms with Gasteiger partial charge in [-0.25, -0.2) is 4.39 Å². The van der Waals surface area contributed by atoms with Crippen molar-refractivity contribution in [3.05, 3.63) is 90.0 Å². The van der Waals surface area contributed by atoms with Gasteiger partial charge >= 0.3 is 0 Å². The van der Waals surface area contributed by atoms with E-state index in [1.54, 1.807) is 23.4 Å². The van der Waals surface area contributed by atoms with Gasteiger partial charge in [-0.3, -0.25) is 14.6 Å². The number of carbonyl (C=O) groups is 2. The first-order valence-electron chi connectivity index (χ1n) is 9.92. The molecular weight excluding hydrogens is 381 g/mol. The van der Waals surface area contributed by atoms with Crippen LogP contribution in [0.1, 0.15) is 15.9 Å². The lowest BCUT2D eigenvalue weighted by Gasteiger charge is -2.24. The van der Waals surface area contributed by atoms with E-state index in [4.69, 9.17) is 0 Å². The normalized spacial score (nSPS) is 16.6. The smallest absolute Gasteiger partial charge is 0.254 e. The zero-order valence-corrected chi connectivity index (χ0v) is 16.4. The van der Waals surface area contributed by atoms with Gasteiger partial charge in [0.15, 0.2) is 0 Å². The summed E-state index contributed by atoms with van der Waals surface area (Å²) >= 11 is 0. The predicted molar refractivity (Wildman–Crippen MR) is 112 cm³/mol. The molecule has 0 unspecified atom stereocenters. The molecule has 0 bridgehead atoms. The minimum absolute atomic E-state index is 0.0749. The Balaban J connectivity index is 1.58. The van der Waals surface area contributed by atoms with Gasteiger partial charge in [0.2, 0.25) is 5.91 Å². The largest absolute Gasteiger partial charge is 0.354 e. The molecule has 3 aromatic rings. The van der Waals surface area contributed by atoms with Crippen LogP contribution in [0.3, 0.4) is 0 Å². The molecule has 6 heteroatoms. The second-order valence-electron chi connectivity index (χ2n) is 7.35. The number of rotatable bonds is 4. The molecule has 2 aromatic carbocycles. The van der Waals surface area contributed by atoms with Gasteiger partial charge in [0.25, 0.3) is 5.91 Å². The van der Waals surface area contributed by atoms with Gasteiger partial charge in [-0.15, -0.1) is 0 Å². The summed E-state index contributed by atoms with van der Waals surface area (Å²) in [5.74, 6) is -1.19. The van der Waals surface area contributed by atoms with Crippen molar-refractivity contribution in [2.75, 3.05) is 19.6 Å². The topological polar surface area (TPSA) is 62.3 Å². The zero-order chi connectivity index (χ0) is 20.9. The van der Waals surface area contributed by atoms with Crippen molar-refractivity contribution in [3.63, 3.8) is 0 Å². The number of amides is 2. The van der Waals surface area contributed by atoms with E-state index in [-0.39, 0.29) is 18.4 Å². The van der Waals surface area contributed by atoms with Gasteiger partial charge in [0, 0.05) is 37.6 Å². The van der Waals surface area contributed by atoms with E-state index in [1.807, 2.05) is 36.4 Å². The van der Waals surface area contributed by atoms with Crippen molar-refractivity contribution in [3.8, 4) is 11.1 Å². The summed E-state index contributed by atoms with van der Waals surface area (Å²) in [6.45, 7) is 1.05. The number of nitrogens with one attached hydrogen (secondary N) is 1. The lowest BCUT2D eigenvalue weighted by Crippen LogP contribution is -2.37. The summed E-state index contributed by atoms with van der Waals surface area (Å²) < 4.78 is 13.6. The molecule has 1 aliphatic heterocycles. The van der Waals surface area contributed by atoms with Crippen molar-refractivity contribution < 1.29 is 14.0 Å². The maximum atomic E-state index is 13.6. The molecule has 2 heterocycles. The number of aromatic nitrogens is 1. The number of hydrogen-bond donors (Lipinski definition) is 1. The van der Waals surface area contributed by atoms with Crippen molar-refractivity contribution in [1.29, 1.82) is 0 Å². The Labute approximate surface area is 174 Å². The summed E-state index contributed by atoms with van der Waals surface area (Å²) in [4.78, 5) is 31.3. The van der Waals surface area contributed by atoms with E-state index < -0.39 is 11.7 Å². The van der Waals surface area contributed by atoms with Gasteiger partial charge < -0.3 is 10.2 Å². The molecular formula is C24H22FN3O2. The summed E-state index contributed by atoms with van der Waals surface area (Å²) in [7, 11) is 0. The van der Waals surface area contributed by atoms with E-state index in [2.05, 4.69) is 10.3 Å². The second kappa shape index (κ2) is 8.86. The van der Waals surface area contributed by atoms with Crippen LogP contribution in [0.5, 0.6) is 0 Å². The van der Waals surface area contributed by atoms with Crippen molar-refractivity contribution >= 4 is 11.8 Å². The fourth-order valence-electron chi connectivity index (χ4n) is 3.82. The third-order valence-corrected chi connectivity index (χ3v) is 5.33. The van der Waals surface area contributed by atoms with Gasteiger partial charge in [-0.05, 0) is 53.4 Å². The standard InChI is InChI=1S/C24H22FN3O2/c25-21-6-3-5-19(15-21)24(30)28-13-12-27-23(29)20(16-28)14-18-4-1-2-7-22(18)17-8-10-26-11-9-17/h1-11,15,20H,12-14,16H2,(H,27,29)/t20-/m0/s1. The molecule has 1 aliphatic rings. The highest BCUT2D eigenvalue weighted by molar-refractivity contribution is 5.95. The van der Waals surface area contributed by atoms with E-state index in [0.717, 1.165) is 16.7 Å². The first kappa shape index (κ1) is 19.8. The van der Waals surface area contributed by atoms with Crippen molar-refractivity contribution in [2.24, 2.45) is 5.92 Å². The van der Waals surface area contributed by atoms with Gasteiger partial charge in [-0.2, -0.15) is 0 Å². The van der Waals surface area contributed by atoms with E-state index in [9.17, 15) is 14.0 Å². The number of pyridine rings is 1. The Bertz CT molecular complexity index is 1060. The van der Waals surface area contributed by atoms with Crippen LogP contribution in [0.2, 0.25) is 0 Å². The molecule has 30 heavy (non-hydrogen) atoms. The van der Waals surface area contributed by atoms with Crippen LogP contribution in [0.4, 0.5) is 4.39 Å². The van der Waals surface area contributed by atoms with Crippen LogP contribution in [0, 0.1) is 11.7 Å². The first-order valence-corrected chi connectivity index (χ1v) is 9.92. The van der Waals surface area contributed by atoms with Crippen molar-refractivity contribution in [2.45, 2.75) is 6.42 Å². The number of nitrogens with zero attached hydrogens (tertiary/aromatic N) is 2. The molecule has 0 radical (unpaired) electrons. The van der Waals surface area contributed by atoms with Gasteiger partial charge in [0.05, 0.1) is 5.92 Å². The molecule has 1 saturated heterocycles. The predicted octanol–water partition coefficient (Wildman–Crippen LogP) is 3.32. The Hall–Kier alpha value is -3.54. The molecule has 1 fully saturated rings. The fraction of sp³-hybridized carbons (Fsp3) is 0.208. The lowest BCUT2D eigenvalue weighted by molar-refractivity contribution is -0.124. The highest BCUT2D eigenvalue weighted by atomic mass is 19.1. The minimum Gasteiger partial charge on any atom is -0.354 e. The molecule has 0 aliphatic carbocycles. The Morgan fingerprint density at radius 1 is 1.10 bits per heavy atom. The monoisotopic (exact) mass is 403 g/mol. The summed E-state index contributed by atoms with van der Waals surface area (Å²) in [5.41, 5.74) is 3.39. The van der Waals surface area contributed by atoms with Crippen LogP contribution in [-0.4, -0.2) is 41.3 Å². The van der Waals surface area contributed by atoms with Crippen molar-refractivity contribution in [1.82, 2.24) is 15.2 Å². The maximum Gasteiger partial charge on any atom is 0.254 e. The molecule has 1 atom stereocenters. The highest BCUT2D eigenvalue weighted by Gasteiger charge is 2.29. The number of benzene rings is 2. The molecule has 0 spiro atoms. The van der Waals surface area contributed by atoms with Crippen LogP contribution >= 0.6 is 0 Å². The molecule has 152 valence electrons. The average Bonchev–Trinajstić information content (AvgIpc) is 2.96. The molecule has 0 saturated carbocycles. The number of hydrogen-bond acceptors (Lipinski definition) is 3. The van der Waals surface area contributed by atoms with Crippen LogP contribution in [-0.2, 0) is 11.2 Å². The van der Waals surface area contributed by atoms with Gasteiger partial charge in [0.1, 0.15) is 5.82 Å². The van der Waals surface area contributed by atoms with E-state index in [0.29, 0.717) is 25.1 Å². The lowest BCUT2D eigenvalue weighted by atomic mass is 9.91. The summed E-state index contributed by atoms with van der Waals surface area (Å²) in [6.07, 6.45) is 3.98. The highest BCUT2D eigenvalue weighted by Crippen LogP contribution is 2.26. The van der Waals surface area contributed by atoms with Crippen LogP contribution < -0.4 is 5.32 Å². The Kier molecular flexibility index (Phi) is 5.84. The number of carbonyl (C=O) groups excluding carboxylic acids is 2. The Morgan fingerprint density at radius 3 is 2.70 bits per heavy atom. The number of halogens is 1. The summed E-state index contributed by atoms with van der Waals surface area (Å²) in [5, 5.41) is 2.90. The molecule has 2 amide bonds. The molecule has 1 aromatic heterocycles. The van der Waals surface area contributed by atoms with E-state index in [1.165, 1.54) is 18.2 Å². The molecule has 4 rings (SSSR count). The maximum absolute atomic E-state index is 13.6. The first-order chi connectivity index (χ1) is 14.6. The average molecular weight is 403 g/mol. The Morgan fingerprint density at radius 2 is 1.90 bits per heavy atom. The molecule has 1 N–H and O–H groups in total. The van der Waals surface area contributed by atoms with Crippen LogP contribution in [0.15, 0.2) is 73.1 Å². The SMILES string of the molecule is O=C1NCCN(C(=O)c2cccc(F)c2)C[C@@H]1Cc1ccccc1-c1ccncc1. The third kappa shape index (κ3) is 4.38. The zero-order valence-electron chi connectivity index (χ0n) is 16.4. The second-order valence-corrected chi connectivity index (χ2v) is 7.35. The van der Waals surface area contributed by atoms with Gasteiger partial charge in [-0.1, -0.05) is 30.3 Å². The van der Waals surface area contributed by atoms with Crippen LogP contribution in [0.25, 0.3) is 11.1 Å². The third-order valence-electron chi connectivity index (χ3n) is 5.33. The van der Waals surface area contributed by atoms with E-state index >= 15 is 0 Å².